The van der Waals surface area contributed by atoms with Crippen molar-refractivity contribution < 1.29 is 14.3 Å². The van der Waals surface area contributed by atoms with E-state index in [4.69, 9.17) is 4.74 Å². The van der Waals surface area contributed by atoms with E-state index in [0.29, 0.717) is 44.0 Å². The van der Waals surface area contributed by atoms with Gasteiger partial charge in [0.15, 0.2) is 0 Å². The number of rotatable bonds is 5. The number of benzene rings is 3. The van der Waals surface area contributed by atoms with Crippen LogP contribution < -0.4 is 5.32 Å². The first kappa shape index (κ1) is 19.9. The monoisotopic (exact) mass is 400 g/mol. The Morgan fingerprint density at radius 2 is 1.43 bits per heavy atom. The summed E-state index contributed by atoms with van der Waals surface area (Å²) in [7, 11) is 0. The highest BCUT2D eigenvalue weighted by molar-refractivity contribution is 6.04. The number of hydrogen-bond acceptors (Lipinski definition) is 3. The van der Waals surface area contributed by atoms with Gasteiger partial charge < -0.3 is 15.0 Å². The van der Waals surface area contributed by atoms with Gasteiger partial charge in [-0.25, -0.2) is 0 Å². The molecular formula is C25H24N2O3. The highest BCUT2D eigenvalue weighted by Gasteiger charge is 2.17. The van der Waals surface area contributed by atoms with Gasteiger partial charge in [0.05, 0.1) is 19.6 Å². The molecule has 30 heavy (non-hydrogen) atoms. The summed E-state index contributed by atoms with van der Waals surface area (Å²) in [6, 6.07) is 25.0. The molecule has 0 atom stereocenters. The quantitative estimate of drug-likeness (QED) is 0.704. The van der Waals surface area contributed by atoms with Crippen LogP contribution in [0.1, 0.15) is 15.9 Å². The van der Waals surface area contributed by atoms with Crippen LogP contribution in [-0.4, -0.2) is 43.0 Å². The maximum Gasteiger partial charge on any atom is 0.255 e. The number of carbonyl (C=O) groups excluding carboxylic acids is 2. The topological polar surface area (TPSA) is 58.6 Å². The Morgan fingerprint density at radius 1 is 0.800 bits per heavy atom. The Bertz CT molecular complexity index is 993. The minimum absolute atomic E-state index is 0.105. The van der Waals surface area contributed by atoms with E-state index in [-0.39, 0.29) is 11.8 Å². The lowest BCUT2D eigenvalue weighted by molar-refractivity contribution is -0.134. The van der Waals surface area contributed by atoms with Gasteiger partial charge in [0.2, 0.25) is 5.91 Å². The molecule has 1 aliphatic heterocycles. The van der Waals surface area contributed by atoms with E-state index < -0.39 is 0 Å². The molecule has 1 aliphatic rings. The van der Waals surface area contributed by atoms with E-state index in [1.807, 2.05) is 83.8 Å². The van der Waals surface area contributed by atoms with Gasteiger partial charge in [-0.2, -0.15) is 0 Å². The minimum atomic E-state index is -0.160. The van der Waals surface area contributed by atoms with Crippen LogP contribution in [0.4, 0.5) is 5.69 Å². The number of anilines is 1. The molecule has 0 saturated carbocycles. The number of hydrogen-bond donors (Lipinski definition) is 1. The number of amides is 2. The second-order valence-corrected chi connectivity index (χ2v) is 7.26. The van der Waals surface area contributed by atoms with Crippen LogP contribution >= 0.6 is 0 Å². The number of ether oxygens (including phenoxy) is 1. The molecule has 0 aliphatic carbocycles. The fourth-order valence-electron chi connectivity index (χ4n) is 3.45. The summed E-state index contributed by atoms with van der Waals surface area (Å²) in [5.74, 6) is -0.0552. The lowest BCUT2D eigenvalue weighted by Gasteiger charge is -2.26. The van der Waals surface area contributed by atoms with E-state index in [9.17, 15) is 9.59 Å². The molecule has 0 radical (unpaired) electrons. The van der Waals surface area contributed by atoms with Crippen LogP contribution in [0.25, 0.3) is 11.1 Å². The molecule has 3 aromatic carbocycles. The van der Waals surface area contributed by atoms with E-state index in [0.717, 1.165) is 16.7 Å². The van der Waals surface area contributed by atoms with Crippen molar-refractivity contribution in [3.05, 3.63) is 90.0 Å². The highest BCUT2D eigenvalue weighted by atomic mass is 16.5. The summed E-state index contributed by atoms with van der Waals surface area (Å²) in [6.07, 6.45) is 0.356. The van der Waals surface area contributed by atoms with Gasteiger partial charge in [0.25, 0.3) is 5.91 Å². The number of nitrogens with zero attached hydrogens (tertiary/aromatic N) is 1. The summed E-state index contributed by atoms with van der Waals surface area (Å²) < 4.78 is 5.28. The van der Waals surface area contributed by atoms with Crippen LogP contribution in [0.3, 0.4) is 0 Å². The van der Waals surface area contributed by atoms with E-state index in [2.05, 4.69) is 5.32 Å². The second kappa shape index (κ2) is 9.37. The fourth-order valence-corrected chi connectivity index (χ4v) is 3.45. The molecule has 2 amide bonds. The van der Waals surface area contributed by atoms with E-state index >= 15 is 0 Å². The smallest absolute Gasteiger partial charge is 0.255 e. The van der Waals surface area contributed by atoms with Crippen molar-refractivity contribution >= 4 is 17.5 Å². The van der Waals surface area contributed by atoms with Crippen molar-refractivity contribution in [1.82, 2.24) is 4.90 Å². The Kier molecular flexibility index (Phi) is 6.20. The van der Waals surface area contributed by atoms with Crippen LogP contribution in [0.15, 0.2) is 78.9 Å². The molecule has 0 unspecified atom stereocenters. The SMILES string of the molecule is O=C(Nc1ccc(CC(=O)N2CCOCC2)cc1)c1ccc(-c2ccccc2)cc1. The lowest BCUT2D eigenvalue weighted by atomic mass is 10.0. The van der Waals surface area contributed by atoms with Crippen molar-refractivity contribution in [1.29, 1.82) is 0 Å². The fraction of sp³-hybridized carbons (Fsp3) is 0.200. The third-order valence-corrected chi connectivity index (χ3v) is 5.19. The third-order valence-electron chi connectivity index (χ3n) is 5.19. The predicted octanol–water partition coefficient (Wildman–Crippen LogP) is 4.01. The van der Waals surface area contributed by atoms with Gasteiger partial charge in [0, 0.05) is 24.3 Å². The highest BCUT2D eigenvalue weighted by Crippen LogP contribution is 2.20. The molecule has 0 aromatic heterocycles. The van der Waals surface area contributed by atoms with Gasteiger partial charge in [-0.3, -0.25) is 9.59 Å². The van der Waals surface area contributed by atoms with Crippen LogP contribution in [0.5, 0.6) is 0 Å². The van der Waals surface area contributed by atoms with Crippen LogP contribution in [0.2, 0.25) is 0 Å². The largest absolute Gasteiger partial charge is 0.378 e. The Morgan fingerprint density at radius 3 is 2.10 bits per heavy atom. The molecule has 152 valence electrons. The summed E-state index contributed by atoms with van der Waals surface area (Å²) in [4.78, 5) is 26.7. The molecule has 1 heterocycles. The number of carbonyl (C=O) groups is 2. The molecular weight excluding hydrogens is 376 g/mol. The summed E-state index contributed by atoms with van der Waals surface area (Å²) in [5, 5.41) is 2.91. The van der Waals surface area contributed by atoms with Gasteiger partial charge >= 0.3 is 0 Å². The standard InChI is InChI=1S/C25H24N2O3/c28-24(27-14-16-30-17-15-27)18-19-6-12-23(13-7-19)26-25(29)22-10-8-21(9-11-22)20-4-2-1-3-5-20/h1-13H,14-18H2,(H,26,29). The summed E-state index contributed by atoms with van der Waals surface area (Å²) in [5.41, 5.74) is 4.42. The van der Waals surface area contributed by atoms with Crippen molar-refractivity contribution in [2.45, 2.75) is 6.42 Å². The normalized spacial score (nSPS) is 13.7. The van der Waals surface area contributed by atoms with Gasteiger partial charge in [0.1, 0.15) is 0 Å². The number of nitrogens with one attached hydrogen (secondary N) is 1. The summed E-state index contributed by atoms with van der Waals surface area (Å²) in [6.45, 7) is 2.50. The lowest BCUT2D eigenvalue weighted by Crippen LogP contribution is -2.41. The van der Waals surface area contributed by atoms with Crippen molar-refractivity contribution in [2.24, 2.45) is 0 Å². The van der Waals surface area contributed by atoms with Crippen LogP contribution in [-0.2, 0) is 16.0 Å². The molecule has 4 rings (SSSR count). The second-order valence-electron chi connectivity index (χ2n) is 7.26. The maximum atomic E-state index is 12.5. The molecule has 5 heteroatoms. The minimum Gasteiger partial charge on any atom is -0.378 e. The first-order valence-corrected chi connectivity index (χ1v) is 10.1. The molecule has 0 bridgehead atoms. The van der Waals surface area contributed by atoms with Crippen molar-refractivity contribution in [2.75, 3.05) is 31.6 Å². The molecule has 1 fully saturated rings. The molecule has 1 saturated heterocycles. The van der Waals surface area contributed by atoms with E-state index in [1.165, 1.54) is 0 Å². The van der Waals surface area contributed by atoms with Crippen LogP contribution in [0, 0.1) is 0 Å². The van der Waals surface area contributed by atoms with E-state index in [1.54, 1.807) is 0 Å². The Hall–Kier alpha value is -3.44. The first-order valence-electron chi connectivity index (χ1n) is 10.1. The third kappa shape index (κ3) is 4.93. The zero-order valence-electron chi connectivity index (χ0n) is 16.7. The first-order chi connectivity index (χ1) is 14.7. The Labute approximate surface area is 176 Å². The number of morpholine rings is 1. The van der Waals surface area contributed by atoms with Gasteiger partial charge in [-0.15, -0.1) is 0 Å². The Balaban J connectivity index is 1.35. The van der Waals surface area contributed by atoms with Gasteiger partial charge in [-0.1, -0.05) is 54.6 Å². The van der Waals surface area contributed by atoms with Crippen molar-refractivity contribution in [3.8, 4) is 11.1 Å². The molecule has 3 aromatic rings. The average Bonchev–Trinajstić information content (AvgIpc) is 2.81. The zero-order chi connectivity index (χ0) is 20.8. The average molecular weight is 400 g/mol. The predicted molar refractivity (Wildman–Crippen MR) is 117 cm³/mol. The van der Waals surface area contributed by atoms with Gasteiger partial charge in [-0.05, 0) is 41.0 Å². The zero-order valence-corrected chi connectivity index (χ0v) is 16.7. The maximum absolute atomic E-state index is 12.5. The molecule has 0 spiro atoms. The van der Waals surface area contributed by atoms with Crippen molar-refractivity contribution in [3.63, 3.8) is 0 Å². The summed E-state index contributed by atoms with van der Waals surface area (Å²) >= 11 is 0. The molecule has 1 N–H and O–H groups in total. The molecule has 5 nitrogen and oxygen atoms in total.